The molecule has 2 atom stereocenters. The Kier molecular flexibility index (Phi) is 67.6. The van der Waals surface area contributed by atoms with Crippen molar-refractivity contribution >= 4 is 19.8 Å². The van der Waals surface area contributed by atoms with Gasteiger partial charge in [-0.15, -0.1) is 0 Å². The molecule has 0 radical (unpaired) electrons. The summed E-state index contributed by atoms with van der Waals surface area (Å²) in [6.07, 6.45) is 106. The van der Waals surface area contributed by atoms with Gasteiger partial charge in [-0.25, -0.2) is 0 Å². The van der Waals surface area contributed by atoms with Crippen molar-refractivity contribution in [2.24, 2.45) is 0 Å². The maximum atomic E-state index is 12.9. The fourth-order valence-electron chi connectivity index (χ4n) is 9.94. The van der Waals surface area contributed by atoms with Gasteiger partial charge >= 0.3 is 11.9 Å². The molecule has 0 aromatic heterocycles. The second kappa shape index (κ2) is 70.9. The summed E-state index contributed by atoms with van der Waals surface area (Å²) in [5.74, 6) is -0.838. The molecule has 0 amide bonds. The molecule has 0 aromatic rings. The maximum Gasteiger partial charge on any atom is 0.306 e. The van der Waals surface area contributed by atoms with Crippen LogP contribution in [0.1, 0.15) is 296 Å². The zero-order valence-corrected chi connectivity index (χ0v) is 60.6. The van der Waals surface area contributed by atoms with Crippen LogP contribution in [0.4, 0.5) is 0 Å². The van der Waals surface area contributed by atoms with E-state index in [2.05, 4.69) is 172 Å². The third kappa shape index (κ3) is 74.7. The molecule has 524 valence electrons. The number of phosphoric acid groups is 1. The molecule has 0 spiro atoms. The fourth-order valence-corrected chi connectivity index (χ4v) is 10.7. The number of phosphoric ester groups is 1. The van der Waals surface area contributed by atoms with E-state index in [9.17, 15) is 19.0 Å². The van der Waals surface area contributed by atoms with E-state index in [-0.39, 0.29) is 32.0 Å². The first-order valence-electron chi connectivity index (χ1n) is 37.2. The van der Waals surface area contributed by atoms with Gasteiger partial charge in [-0.3, -0.25) is 14.2 Å². The molecule has 0 heterocycles. The van der Waals surface area contributed by atoms with Crippen molar-refractivity contribution in [1.29, 1.82) is 0 Å². The summed E-state index contributed by atoms with van der Waals surface area (Å²) in [6, 6.07) is 0. The number of rotatable bonds is 67. The van der Waals surface area contributed by atoms with Crippen molar-refractivity contribution in [2.45, 2.75) is 302 Å². The molecule has 0 aromatic carbocycles. The summed E-state index contributed by atoms with van der Waals surface area (Å²) >= 11 is 0. The van der Waals surface area contributed by atoms with Crippen LogP contribution in [0.15, 0.2) is 158 Å². The maximum absolute atomic E-state index is 12.9. The molecule has 0 fully saturated rings. The topological polar surface area (TPSA) is 111 Å². The highest BCUT2D eigenvalue weighted by Crippen LogP contribution is 2.38. The highest BCUT2D eigenvalue weighted by molar-refractivity contribution is 7.45. The molecule has 0 bridgehead atoms. The van der Waals surface area contributed by atoms with E-state index >= 15 is 0 Å². The molecule has 2 unspecified atom stereocenters. The number of likely N-dealkylation sites (N-methyl/N-ethyl adjacent to an activating group) is 1. The van der Waals surface area contributed by atoms with E-state index in [1.807, 2.05) is 21.1 Å². The van der Waals surface area contributed by atoms with Crippen LogP contribution >= 0.6 is 7.82 Å². The number of esters is 2. The van der Waals surface area contributed by atoms with Crippen LogP contribution in [-0.4, -0.2) is 70.0 Å². The first-order chi connectivity index (χ1) is 45.0. The summed E-state index contributed by atoms with van der Waals surface area (Å²) in [7, 11) is 1.15. The minimum atomic E-state index is -4.65. The van der Waals surface area contributed by atoms with E-state index in [4.69, 9.17) is 18.5 Å². The Morgan fingerprint density at radius 2 is 0.587 bits per heavy atom. The van der Waals surface area contributed by atoms with Crippen molar-refractivity contribution in [1.82, 2.24) is 0 Å². The Labute approximate surface area is 566 Å². The minimum absolute atomic E-state index is 0.0373. The van der Waals surface area contributed by atoms with Gasteiger partial charge in [0.2, 0.25) is 0 Å². The van der Waals surface area contributed by atoms with Crippen molar-refractivity contribution in [3.05, 3.63) is 158 Å². The Hall–Kier alpha value is -4.37. The third-order valence-corrected chi connectivity index (χ3v) is 16.5. The van der Waals surface area contributed by atoms with Crippen LogP contribution in [0.5, 0.6) is 0 Å². The van der Waals surface area contributed by atoms with Crippen molar-refractivity contribution in [3.63, 3.8) is 0 Å². The summed E-state index contributed by atoms with van der Waals surface area (Å²) in [5.41, 5.74) is 0. The highest BCUT2D eigenvalue weighted by atomic mass is 31.2. The van der Waals surface area contributed by atoms with Gasteiger partial charge in [0.25, 0.3) is 7.82 Å². The highest BCUT2D eigenvalue weighted by Gasteiger charge is 2.22. The van der Waals surface area contributed by atoms with Crippen molar-refractivity contribution in [3.8, 4) is 0 Å². The summed E-state index contributed by atoms with van der Waals surface area (Å²) in [4.78, 5) is 38.1. The molecule has 0 saturated heterocycles. The molecular weight excluding hydrogens is 1160 g/mol. The predicted octanol–water partition coefficient (Wildman–Crippen LogP) is 24.1. The lowest BCUT2D eigenvalue weighted by Crippen LogP contribution is -2.37. The Bertz CT molecular complexity index is 2110. The van der Waals surface area contributed by atoms with E-state index in [0.717, 1.165) is 135 Å². The third-order valence-electron chi connectivity index (χ3n) is 15.5. The van der Waals surface area contributed by atoms with Gasteiger partial charge in [0.1, 0.15) is 19.8 Å². The van der Waals surface area contributed by atoms with Crippen LogP contribution in [0.25, 0.3) is 0 Å². The first kappa shape index (κ1) is 87.6. The lowest BCUT2D eigenvalue weighted by molar-refractivity contribution is -0.870. The van der Waals surface area contributed by atoms with Crippen LogP contribution in [0.2, 0.25) is 0 Å². The Balaban J connectivity index is 4.04. The number of quaternary nitrogens is 1. The van der Waals surface area contributed by atoms with E-state index in [1.165, 1.54) is 128 Å². The number of ether oxygens (including phenoxy) is 2. The molecule has 0 saturated carbocycles. The number of nitrogens with zero attached hydrogens (tertiary/aromatic N) is 1. The average Bonchev–Trinajstić information content (AvgIpc) is 2.14. The van der Waals surface area contributed by atoms with E-state index in [0.29, 0.717) is 17.4 Å². The van der Waals surface area contributed by atoms with E-state index in [1.54, 1.807) is 0 Å². The van der Waals surface area contributed by atoms with Crippen LogP contribution in [-0.2, 0) is 32.7 Å². The Morgan fingerprint density at radius 3 is 0.870 bits per heavy atom. The molecule has 9 nitrogen and oxygen atoms in total. The van der Waals surface area contributed by atoms with Crippen molar-refractivity contribution in [2.75, 3.05) is 47.5 Å². The van der Waals surface area contributed by atoms with Crippen molar-refractivity contribution < 1.29 is 42.1 Å². The van der Waals surface area contributed by atoms with Gasteiger partial charge < -0.3 is 27.9 Å². The zero-order chi connectivity index (χ0) is 66.9. The molecule has 0 rings (SSSR count). The molecule has 0 aliphatic rings. The quantitative estimate of drug-likeness (QED) is 0.0195. The Morgan fingerprint density at radius 1 is 0.337 bits per heavy atom. The molecule has 92 heavy (non-hydrogen) atoms. The van der Waals surface area contributed by atoms with E-state index < -0.39 is 26.5 Å². The number of unbranched alkanes of at least 4 members (excludes halogenated alkanes) is 27. The lowest BCUT2D eigenvalue weighted by Gasteiger charge is -2.28. The first-order valence-corrected chi connectivity index (χ1v) is 38.7. The average molecular weight is 1300 g/mol. The summed E-state index contributed by atoms with van der Waals surface area (Å²) in [5, 5.41) is 0. The second-order valence-corrected chi connectivity index (χ2v) is 27.0. The van der Waals surface area contributed by atoms with Crippen LogP contribution < -0.4 is 4.89 Å². The standard InChI is InChI=1S/C82H138NO8P/c1-6-8-10-12-14-16-18-20-22-24-26-28-30-32-34-36-37-38-39-40-41-42-43-44-45-47-49-51-53-55-57-59-61-63-65-67-69-71-73-75-82(85)91-80(79-90-92(86,87)89-77-76-83(3,4)5)78-88-81(84)74-72-70-68-66-64-62-60-58-56-54-52-50-48-46-35-33-31-29-27-25-23-21-19-17-15-13-11-9-7-2/h8-11,14-17,20-23,26-29,32-35,37-38,40-41,48,50,80H,6-7,12-13,18-19,24-25,30-31,36,39,42-47,49,51-79H2,1-5H3/b10-8-,11-9-,16-14-,17-15-,22-20-,23-21-,28-26-,29-27-,34-32-,35-33-,38-37-,41-40-,50-48-. The molecule has 0 N–H and O–H groups in total. The lowest BCUT2D eigenvalue weighted by atomic mass is 10.0. The summed E-state index contributed by atoms with van der Waals surface area (Å²) in [6.45, 7) is 4.02. The molecule has 10 heteroatoms. The molecule has 0 aliphatic carbocycles. The molecular formula is C82H138NO8P. The van der Waals surface area contributed by atoms with Gasteiger partial charge in [-0.1, -0.05) is 320 Å². The van der Waals surface area contributed by atoms with Gasteiger partial charge in [-0.2, -0.15) is 0 Å². The SMILES string of the molecule is CC/C=C\C/C=C\C/C=C\C/C=C\C/C=C\C/C=C\C/C=C\CCCCCCCCCCCCCCCCCCCC(=O)OC(COC(=O)CCCCCCCCCCCC/C=C\C/C=C\C/C=C\C/C=C\C/C=C\C/C=C\CC)COP(=O)([O-])OCC[N+](C)(C)C. The summed E-state index contributed by atoms with van der Waals surface area (Å²) < 4.78 is 34.4. The van der Waals surface area contributed by atoms with Gasteiger partial charge in [0.05, 0.1) is 27.7 Å². The van der Waals surface area contributed by atoms with Gasteiger partial charge in [0.15, 0.2) is 6.10 Å². The van der Waals surface area contributed by atoms with Gasteiger partial charge in [-0.05, 0) is 122 Å². The minimum Gasteiger partial charge on any atom is -0.756 e. The fraction of sp³-hybridized carbons (Fsp3) is 0.659. The number of hydrogen-bond acceptors (Lipinski definition) is 8. The smallest absolute Gasteiger partial charge is 0.306 e. The predicted molar refractivity (Wildman–Crippen MR) is 397 cm³/mol. The number of allylic oxidation sites excluding steroid dienone is 26. The number of carbonyl (C=O) groups is 2. The van der Waals surface area contributed by atoms with Gasteiger partial charge in [0, 0.05) is 12.8 Å². The zero-order valence-electron chi connectivity index (χ0n) is 59.7. The van der Waals surface area contributed by atoms with Crippen LogP contribution in [0.3, 0.4) is 0 Å². The number of carbonyl (C=O) groups excluding carboxylic acids is 2. The molecule has 0 aliphatic heterocycles. The normalized spacial score (nSPS) is 14.0. The largest absolute Gasteiger partial charge is 0.756 e. The van der Waals surface area contributed by atoms with Crippen LogP contribution in [0, 0.1) is 0 Å². The monoisotopic (exact) mass is 1300 g/mol. The second-order valence-electron chi connectivity index (χ2n) is 25.5. The number of hydrogen-bond donors (Lipinski definition) is 0.